The van der Waals surface area contributed by atoms with Gasteiger partial charge in [-0.3, -0.25) is 0 Å². The molecule has 0 aliphatic heterocycles. The fraction of sp³-hybridized carbons (Fsp3) is 0.400. The van der Waals surface area contributed by atoms with Crippen molar-refractivity contribution in [2.75, 3.05) is 11.6 Å². The van der Waals surface area contributed by atoms with E-state index in [4.69, 9.17) is 23.2 Å². The monoisotopic (exact) mass is 266 g/mol. The number of hydrogen-bond acceptors (Lipinski definition) is 2. The Bertz CT molecular complexity index is 412. The second kappa shape index (κ2) is 5.19. The van der Waals surface area contributed by atoms with Crippen LogP contribution in [0.4, 0.5) is 0 Å². The van der Waals surface area contributed by atoms with Gasteiger partial charge in [-0.25, -0.2) is 8.42 Å². The highest BCUT2D eigenvalue weighted by atomic mass is 35.5. The number of rotatable bonds is 4. The van der Waals surface area contributed by atoms with Crippen LogP contribution in [0.1, 0.15) is 6.92 Å². The number of hydrogen-bond donors (Lipinski definition) is 0. The fourth-order valence-corrected chi connectivity index (χ4v) is 3.13. The molecule has 0 aliphatic rings. The summed E-state index contributed by atoms with van der Waals surface area (Å²) in [5.74, 6) is 0.359. The number of alkyl halides is 1. The minimum atomic E-state index is -3.23. The largest absolute Gasteiger partial charge is 0.224 e. The Morgan fingerprint density at radius 3 is 2.27 bits per heavy atom. The highest BCUT2D eigenvalue weighted by Gasteiger charge is 2.17. The van der Waals surface area contributed by atoms with Crippen LogP contribution < -0.4 is 0 Å². The van der Waals surface area contributed by atoms with E-state index >= 15 is 0 Å². The molecule has 1 aromatic rings. The van der Waals surface area contributed by atoms with Crippen LogP contribution in [-0.4, -0.2) is 20.1 Å². The summed E-state index contributed by atoms with van der Waals surface area (Å²) in [6.45, 7) is 1.81. The summed E-state index contributed by atoms with van der Waals surface area (Å²) in [6, 6.07) is 6.16. The van der Waals surface area contributed by atoms with Crippen molar-refractivity contribution in [3.8, 4) is 0 Å². The molecule has 0 amide bonds. The lowest BCUT2D eigenvalue weighted by atomic mass is 10.3. The number of benzene rings is 1. The van der Waals surface area contributed by atoms with Crippen molar-refractivity contribution < 1.29 is 8.42 Å². The van der Waals surface area contributed by atoms with Crippen LogP contribution in [0.2, 0.25) is 5.02 Å². The Balaban J connectivity index is 2.91. The summed E-state index contributed by atoms with van der Waals surface area (Å²) >= 11 is 11.3. The van der Waals surface area contributed by atoms with Gasteiger partial charge in [-0.05, 0) is 30.2 Å². The molecule has 0 bridgehead atoms. The topological polar surface area (TPSA) is 34.1 Å². The standard InChI is InChI=1S/C10H12Cl2O2S/c1-8(6-11)7-15(13,14)10-4-2-9(12)3-5-10/h2-5,8H,6-7H2,1H3. The van der Waals surface area contributed by atoms with Gasteiger partial charge in [0.15, 0.2) is 9.84 Å². The Kier molecular flexibility index (Phi) is 4.44. The van der Waals surface area contributed by atoms with Crippen molar-refractivity contribution in [3.63, 3.8) is 0 Å². The van der Waals surface area contributed by atoms with Crippen molar-refractivity contribution in [2.24, 2.45) is 5.92 Å². The molecular formula is C10H12Cl2O2S. The predicted octanol–water partition coefficient (Wildman–Crippen LogP) is 2.99. The molecule has 0 saturated carbocycles. The third kappa shape index (κ3) is 3.67. The van der Waals surface area contributed by atoms with Crippen molar-refractivity contribution in [1.82, 2.24) is 0 Å². The first-order valence-electron chi connectivity index (χ1n) is 4.50. The zero-order valence-corrected chi connectivity index (χ0v) is 10.6. The molecule has 1 aromatic carbocycles. The van der Waals surface area contributed by atoms with Gasteiger partial charge in [-0.2, -0.15) is 0 Å². The van der Waals surface area contributed by atoms with E-state index in [0.29, 0.717) is 15.8 Å². The molecule has 0 aliphatic carbocycles. The highest BCUT2D eigenvalue weighted by molar-refractivity contribution is 7.91. The van der Waals surface area contributed by atoms with Gasteiger partial charge in [-0.15, -0.1) is 11.6 Å². The smallest absolute Gasteiger partial charge is 0.178 e. The lowest BCUT2D eigenvalue weighted by molar-refractivity contribution is 0.583. The number of sulfone groups is 1. The molecular weight excluding hydrogens is 255 g/mol. The minimum Gasteiger partial charge on any atom is -0.224 e. The molecule has 0 spiro atoms. The average Bonchev–Trinajstić information content (AvgIpc) is 2.17. The molecule has 2 nitrogen and oxygen atoms in total. The molecule has 1 unspecified atom stereocenters. The summed E-state index contributed by atoms with van der Waals surface area (Å²) in [4.78, 5) is 0.295. The summed E-state index contributed by atoms with van der Waals surface area (Å²) in [5.41, 5.74) is 0. The van der Waals surface area contributed by atoms with E-state index in [0.717, 1.165) is 0 Å². The minimum absolute atomic E-state index is 0.0488. The van der Waals surface area contributed by atoms with E-state index < -0.39 is 9.84 Å². The maximum absolute atomic E-state index is 11.8. The summed E-state index contributed by atoms with van der Waals surface area (Å²) in [5, 5.41) is 0.527. The van der Waals surface area contributed by atoms with Crippen LogP contribution in [-0.2, 0) is 9.84 Å². The van der Waals surface area contributed by atoms with Gasteiger partial charge in [0, 0.05) is 10.9 Å². The van der Waals surface area contributed by atoms with Gasteiger partial charge in [-0.1, -0.05) is 18.5 Å². The normalized spacial score (nSPS) is 13.8. The van der Waals surface area contributed by atoms with Crippen LogP contribution in [0.5, 0.6) is 0 Å². The van der Waals surface area contributed by atoms with Gasteiger partial charge in [0.05, 0.1) is 10.6 Å². The fourth-order valence-electron chi connectivity index (χ4n) is 1.16. The van der Waals surface area contributed by atoms with Gasteiger partial charge in [0.25, 0.3) is 0 Å². The van der Waals surface area contributed by atoms with Crippen molar-refractivity contribution in [3.05, 3.63) is 29.3 Å². The molecule has 84 valence electrons. The first kappa shape index (κ1) is 12.8. The molecule has 0 saturated heterocycles. The first-order chi connectivity index (χ1) is 6.95. The second-order valence-electron chi connectivity index (χ2n) is 3.49. The number of halogens is 2. The summed E-state index contributed by atoms with van der Waals surface area (Å²) in [6.07, 6.45) is 0. The van der Waals surface area contributed by atoms with Crippen LogP contribution in [0.25, 0.3) is 0 Å². The van der Waals surface area contributed by atoms with E-state index in [1.807, 2.05) is 0 Å². The Hall–Kier alpha value is -0.250. The SMILES string of the molecule is CC(CCl)CS(=O)(=O)c1ccc(Cl)cc1. The van der Waals surface area contributed by atoms with Gasteiger partial charge >= 0.3 is 0 Å². The molecule has 15 heavy (non-hydrogen) atoms. The van der Waals surface area contributed by atoms with Crippen molar-refractivity contribution in [1.29, 1.82) is 0 Å². The summed E-state index contributed by atoms with van der Waals surface area (Å²) < 4.78 is 23.6. The molecule has 0 aromatic heterocycles. The van der Waals surface area contributed by atoms with E-state index in [-0.39, 0.29) is 11.7 Å². The zero-order chi connectivity index (χ0) is 11.5. The summed E-state index contributed by atoms with van der Waals surface area (Å²) in [7, 11) is -3.23. The zero-order valence-electron chi connectivity index (χ0n) is 8.28. The van der Waals surface area contributed by atoms with Crippen molar-refractivity contribution >= 4 is 33.0 Å². The van der Waals surface area contributed by atoms with Gasteiger partial charge in [0.2, 0.25) is 0 Å². The van der Waals surface area contributed by atoms with E-state index in [2.05, 4.69) is 0 Å². The van der Waals surface area contributed by atoms with Crippen molar-refractivity contribution in [2.45, 2.75) is 11.8 Å². The van der Waals surface area contributed by atoms with E-state index in [9.17, 15) is 8.42 Å². The molecule has 5 heteroatoms. The van der Waals surface area contributed by atoms with Crippen LogP contribution in [0, 0.1) is 5.92 Å². The van der Waals surface area contributed by atoms with Crippen LogP contribution in [0.15, 0.2) is 29.2 Å². The second-order valence-corrected chi connectivity index (χ2v) is 6.27. The lowest BCUT2D eigenvalue weighted by Gasteiger charge is -2.08. The quantitative estimate of drug-likeness (QED) is 0.786. The van der Waals surface area contributed by atoms with Crippen LogP contribution in [0.3, 0.4) is 0 Å². The molecule has 0 fully saturated rings. The highest BCUT2D eigenvalue weighted by Crippen LogP contribution is 2.17. The Morgan fingerprint density at radius 1 is 1.27 bits per heavy atom. The first-order valence-corrected chi connectivity index (χ1v) is 7.06. The average molecular weight is 267 g/mol. The van der Waals surface area contributed by atoms with Crippen LogP contribution >= 0.6 is 23.2 Å². The van der Waals surface area contributed by atoms with E-state index in [1.54, 1.807) is 19.1 Å². The molecule has 0 N–H and O–H groups in total. The lowest BCUT2D eigenvalue weighted by Crippen LogP contribution is -2.15. The Labute approximate surface area is 100 Å². The Morgan fingerprint density at radius 2 is 1.80 bits per heavy atom. The molecule has 1 atom stereocenters. The van der Waals surface area contributed by atoms with Gasteiger partial charge in [0.1, 0.15) is 0 Å². The predicted molar refractivity (Wildman–Crippen MR) is 63.4 cm³/mol. The molecule has 0 radical (unpaired) electrons. The maximum Gasteiger partial charge on any atom is 0.178 e. The molecule has 1 rings (SSSR count). The van der Waals surface area contributed by atoms with Gasteiger partial charge < -0.3 is 0 Å². The third-order valence-electron chi connectivity index (χ3n) is 1.94. The third-order valence-corrected chi connectivity index (χ3v) is 4.72. The molecule has 0 heterocycles. The maximum atomic E-state index is 11.8. The van der Waals surface area contributed by atoms with E-state index in [1.165, 1.54) is 12.1 Å².